The maximum absolute atomic E-state index is 2.64. The topological polar surface area (TPSA) is 13.0 Å². The highest BCUT2D eigenvalue weighted by atomic mass is 32.2. The van der Waals surface area contributed by atoms with Crippen molar-refractivity contribution in [2.24, 2.45) is 0 Å². The van der Waals surface area contributed by atoms with Gasteiger partial charge in [-0.2, -0.15) is 0 Å². The SMILES string of the molecule is CCN(C)CCCN(CCSc1ccccc1)Cc1ccc(-c2ccccc2SCCN(CCCN(C)C)Cc2ccccc2)cc1. The van der Waals surface area contributed by atoms with Gasteiger partial charge in [-0.25, -0.2) is 0 Å². The molecule has 0 bridgehead atoms. The Hall–Kier alpha value is -2.58. The summed E-state index contributed by atoms with van der Waals surface area (Å²) in [6.07, 6.45) is 2.38. The van der Waals surface area contributed by atoms with Crippen LogP contribution in [-0.4, -0.2) is 98.1 Å². The van der Waals surface area contributed by atoms with Gasteiger partial charge in [0, 0.05) is 47.5 Å². The Morgan fingerprint density at radius 1 is 0.511 bits per heavy atom. The standard InChI is InChI=1S/C41H56N4S2/c1-5-43(4)27-15-29-45(30-32-46-39-18-10-7-11-19-39)35-37-22-24-38(25-23-37)40-20-12-13-21-41(40)47-33-31-44(28-14-26-42(2)3)34-36-16-8-6-9-17-36/h6-13,16-25H,5,14-15,26-35H2,1-4H3. The van der Waals surface area contributed by atoms with Gasteiger partial charge in [-0.1, -0.05) is 97.9 Å². The van der Waals surface area contributed by atoms with Crippen molar-refractivity contribution in [1.82, 2.24) is 19.6 Å². The van der Waals surface area contributed by atoms with Gasteiger partial charge in [-0.05, 0) is 107 Å². The van der Waals surface area contributed by atoms with E-state index in [4.69, 9.17) is 0 Å². The van der Waals surface area contributed by atoms with Gasteiger partial charge in [-0.3, -0.25) is 9.80 Å². The number of benzene rings is 4. The van der Waals surface area contributed by atoms with Crippen molar-refractivity contribution < 1.29 is 0 Å². The number of rotatable bonds is 22. The van der Waals surface area contributed by atoms with Crippen LogP contribution in [0.25, 0.3) is 11.1 Å². The largest absolute Gasteiger partial charge is 0.309 e. The smallest absolute Gasteiger partial charge is 0.0234 e. The van der Waals surface area contributed by atoms with Crippen LogP contribution in [-0.2, 0) is 13.1 Å². The van der Waals surface area contributed by atoms with E-state index in [0.29, 0.717) is 0 Å². The molecule has 252 valence electrons. The predicted octanol–water partition coefficient (Wildman–Crippen LogP) is 8.84. The monoisotopic (exact) mass is 668 g/mol. The van der Waals surface area contributed by atoms with Crippen molar-refractivity contribution in [3.05, 3.63) is 120 Å². The first kappa shape index (κ1) is 37.2. The summed E-state index contributed by atoms with van der Waals surface area (Å²) >= 11 is 3.95. The molecular weight excluding hydrogens is 613 g/mol. The van der Waals surface area contributed by atoms with Crippen LogP contribution in [0, 0.1) is 0 Å². The molecule has 0 saturated heterocycles. The lowest BCUT2D eigenvalue weighted by Crippen LogP contribution is -2.30. The summed E-state index contributed by atoms with van der Waals surface area (Å²) in [5.41, 5.74) is 5.43. The number of nitrogens with zero attached hydrogens (tertiary/aromatic N) is 4. The van der Waals surface area contributed by atoms with Crippen LogP contribution in [0.2, 0.25) is 0 Å². The van der Waals surface area contributed by atoms with Crippen LogP contribution in [0.5, 0.6) is 0 Å². The minimum Gasteiger partial charge on any atom is -0.309 e. The third-order valence-corrected chi connectivity index (χ3v) is 10.6. The van der Waals surface area contributed by atoms with Crippen LogP contribution < -0.4 is 0 Å². The summed E-state index contributed by atoms with van der Waals surface area (Å²) in [4.78, 5) is 12.7. The van der Waals surface area contributed by atoms with Crippen molar-refractivity contribution in [2.75, 3.05) is 78.5 Å². The summed E-state index contributed by atoms with van der Waals surface area (Å²) in [7, 11) is 6.55. The maximum Gasteiger partial charge on any atom is 0.0234 e. The van der Waals surface area contributed by atoms with Crippen molar-refractivity contribution >= 4 is 23.5 Å². The Kier molecular flexibility index (Phi) is 17.0. The molecule has 0 aliphatic rings. The lowest BCUT2D eigenvalue weighted by molar-refractivity contribution is 0.253. The van der Waals surface area contributed by atoms with Crippen molar-refractivity contribution in [2.45, 2.75) is 42.6 Å². The fourth-order valence-electron chi connectivity index (χ4n) is 5.69. The Bertz CT molecular complexity index is 1380. The molecule has 4 aromatic carbocycles. The summed E-state index contributed by atoms with van der Waals surface area (Å²) in [6, 6.07) is 40.0. The quantitative estimate of drug-likeness (QED) is 0.0771. The zero-order valence-electron chi connectivity index (χ0n) is 29.2. The fourth-order valence-corrected chi connectivity index (χ4v) is 7.71. The molecule has 4 nitrogen and oxygen atoms in total. The normalized spacial score (nSPS) is 11.7. The summed E-state index contributed by atoms with van der Waals surface area (Å²) < 4.78 is 0. The zero-order chi connectivity index (χ0) is 33.1. The van der Waals surface area contributed by atoms with Gasteiger partial charge in [0.1, 0.15) is 0 Å². The number of hydrogen-bond donors (Lipinski definition) is 0. The van der Waals surface area contributed by atoms with Gasteiger partial charge in [0.25, 0.3) is 0 Å². The van der Waals surface area contributed by atoms with Crippen LogP contribution in [0.4, 0.5) is 0 Å². The van der Waals surface area contributed by atoms with E-state index in [0.717, 1.165) is 70.4 Å². The van der Waals surface area contributed by atoms with E-state index in [1.54, 1.807) is 0 Å². The molecule has 0 atom stereocenters. The second-order valence-electron chi connectivity index (χ2n) is 12.6. The Balaban J connectivity index is 1.35. The van der Waals surface area contributed by atoms with E-state index in [1.165, 1.54) is 44.9 Å². The third-order valence-electron chi connectivity index (χ3n) is 8.53. The van der Waals surface area contributed by atoms with Gasteiger partial charge >= 0.3 is 0 Å². The molecule has 0 unspecified atom stereocenters. The summed E-state index contributed by atoms with van der Waals surface area (Å²) in [5.74, 6) is 2.18. The second-order valence-corrected chi connectivity index (χ2v) is 15.0. The predicted molar refractivity (Wildman–Crippen MR) is 208 cm³/mol. The lowest BCUT2D eigenvalue weighted by atomic mass is 10.0. The van der Waals surface area contributed by atoms with Gasteiger partial charge < -0.3 is 9.80 Å². The van der Waals surface area contributed by atoms with Gasteiger partial charge in [0.2, 0.25) is 0 Å². The lowest BCUT2D eigenvalue weighted by Gasteiger charge is -2.24. The van der Waals surface area contributed by atoms with Crippen LogP contribution >= 0.6 is 23.5 Å². The minimum absolute atomic E-state index is 0.993. The van der Waals surface area contributed by atoms with E-state index >= 15 is 0 Å². The van der Waals surface area contributed by atoms with Gasteiger partial charge in [0.05, 0.1) is 0 Å². The van der Waals surface area contributed by atoms with E-state index < -0.39 is 0 Å². The molecule has 0 aliphatic heterocycles. The molecule has 4 rings (SSSR count). The first-order chi connectivity index (χ1) is 23.0. The van der Waals surface area contributed by atoms with Crippen LogP contribution in [0.15, 0.2) is 119 Å². The molecule has 0 radical (unpaired) electrons. The molecule has 0 saturated carbocycles. The fraction of sp³-hybridized carbons (Fsp3) is 0.415. The summed E-state index contributed by atoms with van der Waals surface area (Å²) in [6.45, 7) is 12.0. The highest BCUT2D eigenvalue weighted by Gasteiger charge is 2.11. The Labute approximate surface area is 294 Å². The molecule has 0 aromatic heterocycles. The molecule has 0 amide bonds. The molecule has 0 N–H and O–H groups in total. The van der Waals surface area contributed by atoms with Crippen molar-refractivity contribution in [3.8, 4) is 11.1 Å². The van der Waals surface area contributed by atoms with E-state index in [-0.39, 0.29) is 0 Å². The highest BCUT2D eigenvalue weighted by Crippen LogP contribution is 2.32. The number of thioether (sulfide) groups is 2. The second kappa shape index (κ2) is 21.4. The van der Waals surface area contributed by atoms with Gasteiger partial charge in [-0.15, -0.1) is 23.5 Å². The van der Waals surface area contributed by atoms with Crippen LogP contribution in [0.1, 0.15) is 30.9 Å². The Morgan fingerprint density at radius 3 is 1.70 bits per heavy atom. The maximum atomic E-state index is 2.64. The molecule has 47 heavy (non-hydrogen) atoms. The first-order valence-electron chi connectivity index (χ1n) is 17.3. The summed E-state index contributed by atoms with van der Waals surface area (Å²) in [5, 5.41) is 0. The van der Waals surface area contributed by atoms with Crippen molar-refractivity contribution in [1.29, 1.82) is 0 Å². The molecule has 6 heteroatoms. The Morgan fingerprint density at radius 2 is 1.06 bits per heavy atom. The molecule has 4 aromatic rings. The minimum atomic E-state index is 0.993. The zero-order valence-corrected chi connectivity index (χ0v) is 30.8. The average Bonchev–Trinajstić information content (AvgIpc) is 3.09. The highest BCUT2D eigenvalue weighted by molar-refractivity contribution is 7.99. The molecule has 0 aliphatic carbocycles. The molecule has 0 spiro atoms. The molecular formula is C41H56N4S2. The average molecular weight is 669 g/mol. The van der Waals surface area contributed by atoms with Crippen LogP contribution in [0.3, 0.4) is 0 Å². The third kappa shape index (κ3) is 14.2. The number of hydrogen-bond acceptors (Lipinski definition) is 6. The van der Waals surface area contributed by atoms with E-state index in [1.807, 2.05) is 23.5 Å². The van der Waals surface area contributed by atoms with Gasteiger partial charge in [0.15, 0.2) is 0 Å². The molecule has 0 heterocycles. The van der Waals surface area contributed by atoms with E-state index in [9.17, 15) is 0 Å². The first-order valence-corrected chi connectivity index (χ1v) is 19.3. The molecule has 0 fully saturated rings. The van der Waals surface area contributed by atoms with E-state index in [2.05, 4.69) is 157 Å². The van der Waals surface area contributed by atoms with Crippen molar-refractivity contribution in [3.63, 3.8) is 0 Å².